The Morgan fingerprint density at radius 2 is 2.00 bits per heavy atom. The third-order valence-electron chi connectivity index (χ3n) is 3.64. The summed E-state index contributed by atoms with van der Waals surface area (Å²) >= 11 is 0. The van der Waals surface area contributed by atoms with Crippen LogP contribution in [-0.2, 0) is 0 Å². The minimum atomic E-state index is -0.144. The van der Waals surface area contributed by atoms with Gasteiger partial charge >= 0.3 is 0 Å². The summed E-state index contributed by atoms with van der Waals surface area (Å²) in [4.78, 5) is 2.43. The molecule has 0 heterocycles. The van der Waals surface area contributed by atoms with Gasteiger partial charge in [0.25, 0.3) is 0 Å². The van der Waals surface area contributed by atoms with Crippen LogP contribution in [0.4, 0.5) is 0 Å². The van der Waals surface area contributed by atoms with Crippen LogP contribution in [0.1, 0.15) is 47.0 Å². The Morgan fingerprint density at radius 1 is 1.36 bits per heavy atom. The molecule has 2 atom stereocenters. The molecule has 0 radical (unpaired) electrons. The number of nitrogens with zero attached hydrogens (tertiary/aromatic N) is 1. The van der Waals surface area contributed by atoms with Crippen molar-refractivity contribution in [3.63, 3.8) is 0 Å². The highest BCUT2D eigenvalue weighted by molar-refractivity contribution is 4.96. The van der Waals surface area contributed by atoms with Gasteiger partial charge in [0.1, 0.15) is 0 Å². The smallest absolute Gasteiger partial charge is 0.0746 e. The highest BCUT2D eigenvalue weighted by Crippen LogP contribution is 2.39. The Morgan fingerprint density at radius 3 is 2.36 bits per heavy atom. The van der Waals surface area contributed by atoms with E-state index >= 15 is 0 Å². The van der Waals surface area contributed by atoms with Crippen molar-refractivity contribution in [1.29, 1.82) is 0 Å². The first-order chi connectivity index (χ1) is 6.53. The van der Waals surface area contributed by atoms with Crippen molar-refractivity contribution >= 4 is 0 Å². The maximum atomic E-state index is 10.2. The van der Waals surface area contributed by atoms with Gasteiger partial charge in [-0.1, -0.05) is 27.7 Å². The van der Waals surface area contributed by atoms with Crippen molar-refractivity contribution in [2.24, 2.45) is 5.41 Å². The van der Waals surface area contributed by atoms with Crippen LogP contribution in [0.2, 0.25) is 0 Å². The molecular weight excluding hydrogens is 174 g/mol. The van der Waals surface area contributed by atoms with Crippen molar-refractivity contribution < 1.29 is 5.11 Å². The molecule has 14 heavy (non-hydrogen) atoms. The van der Waals surface area contributed by atoms with Gasteiger partial charge in [0.05, 0.1) is 6.10 Å². The number of aliphatic hydroxyl groups excluding tert-OH is 1. The van der Waals surface area contributed by atoms with Gasteiger partial charge in [0, 0.05) is 6.04 Å². The Balaban J connectivity index is 2.60. The van der Waals surface area contributed by atoms with Crippen LogP contribution in [0.15, 0.2) is 0 Å². The third-order valence-corrected chi connectivity index (χ3v) is 3.64. The summed E-state index contributed by atoms with van der Waals surface area (Å²) in [5.74, 6) is 0. The van der Waals surface area contributed by atoms with Crippen LogP contribution in [-0.4, -0.2) is 35.2 Å². The highest BCUT2D eigenvalue weighted by Gasteiger charge is 2.42. The van der Waals surface area contributed by atoms with Crippen LogP contribution in [0.25, 0.3) is 0 Å². The Hall–Kier alpha value is -0.0800. The fourth-order valence-electron chi connectivity index (χ4n) is 2.57. The van der Waals surface area contributed by atoms with E-state index < -0.39 is 0 Å². The summed E-state index contributed by atoms with van der Waals surface area (Å²) in [6, 6.07) is 0.398. The van der Waals surface area contributed by atoms with E-state index in [9.17, 15) is 5.11 Å². The maximum absolute atomic E-state index is 10.2. The lowest BCUT2D eigenvalue weighted by Gasteiger charge is -2.33. The predicted octanol–water partition coefficient (Wildman–Crippen LogP) is 2.27. The standard InChI is InChI=1S/C12H25NO/c1-5-9-13(6-2)10-7-8-12(3,4)11(10)14/h10-11,14H,5-9H2,1-4H3. The Bertz CT molecular complexity index is 179. The molecule has 1 N–H and O–H groups in total. The van der Waals surface area contributed by atoms with Gasteiger partial charge in [0.15, 0.2) is 0 Å². The van der Waals surface area contributed by atoms with Crippen LogP contribution in [0.5, 0.6) is 0 Å². The summed E-state index contributed by atoms with van der Waals surface area (Å²) in [6.45, 7) is 10.9. The quantitative estimate of drug-likeness (QED) is 0.751. The van der Waals surface area contributed by atoms with E-state index in [2.05, 4.69) is 32.6 Å². The van der Waals surface area contributed by atoms with Crippen LogP contribution in [0, 0.1) is 5.41 Å². The van der Waals surface area contributed by atoms with Crippen molar-refractivity contribution in [2.45, 2.75) is 59.1 Å². The summed E-state index contributed by atoms with van der Waals surface area (Å²) in [7, 11) is 0. The second-order valence-electron chi connectivity index (χ2n) is 5.17. The molecule has 0 aliphatic heterocycles. The van der Waals surface area contributed by atoms with Gasteiger partial charge in [-0.2, -0.15) is 0 Å². The number of hydrogen-bond acceptors (Lipinski definition) is 2. The first-order valence-electron chi connectivity index (χ1n) is 5.95. The van der Waals surface area contributed by atoms with Crippen LogP contribution in [0.3, 0.4) is 0 Å². The minimum absolute atomic E-state index is 0.117. The lowest BCUT2D eigenvalue weighted by molar-refractivity contribution is 0.0163. The zero-order chi connectivity index (χ0) is 10.8. The zero-order valence-corrected chi connectivity index (χ0v) is 10.1. The molecule has 0 aromatic rings. The molecule has 0 saturated heterocycles. The number of likely N-dealkylation sites (N-methyl/N-ethyl adjacent to an activating group) is 1. The molecule has 1 aliphatic rings. The summed E-state index contributed by atoms with van der Waals surface area (Å²) in [5.41, 5.74) is 0.117. The van der Waals surface area contributed by atoms with E-state index in [1.165, 1.54) is 6.42 Å². The largest absolute Gasteiger partial charge is 0.391 e. The average molecular weight is 199 g/mol. The Labute approximate surface area is 88.3 Å². The number of hydrogen-bond donors (Lipinski definition) is 1. The molecule has 2 unspecified atom stereocenters. The Kier molecular flexibility index (Phi) is 3.96. The van der Waals surface area contributed by atoms with Crippen molar-refractivity contribution in [3.05, 3.63) is 0 Å². The summed E-state index contributed by atoms with van der Waals surface area (Å²) in [6.07, 6.45) is 3.34. The van der Waals surface area contributed by atoms with Crippen LogP contribution >= 0.6 is 0 Å². The molecule has 1 saturated carbocycles. The molecule has 2 heteroatoms. The van der Waals surface area contributed by atoms with E-state index in [0.717, 1.165) is 25.9 Å². The van der Waals surface area contributed by atoms with Crippen molar-refractivity contribution in [1.82, 2.24) is 4.90 Å². The second-order valence-corrected chi connectivity index (χ2v) is 5.17. The lowest BCUT2D eigenvalue weighted by atomic mass is 9.88. The fraction of sp³-hybridized carbons (Fsp3) is 1.00. The molecule has 1 fully saturated rings. The summed E-state index contributed by atoms with van der Waals surface area (Å²) < 4.78 is 0. The first kappa shape index (κ1) is 12.0. The van der Waals surface area contributed by atoms with Gasteiger partial charge in [-0.15, -0.1) is 0 Å². The molecule has 0 aromatic heterocycles. The predicted molar refractivity (Wildman–Crippen MR) is 60.3 cm³/mol. The van der Waals surface area contributed by atoms with E-state index in [1.54, 1.807) is 0 Å². The van der Waals surface area contributed by atoms with E-state index in [4.69, 9.17) is 0 Å². The van der Waals surface area contributed by atoms with Crippen molar-refractivity contribution in [3.8, 4) is 0 Å². The van der Waals surface area contributed by atoms with Gasteiger partial charge in [0.2, 0.25) is 0 Å². The van der Waals surface area contributed by atoms with E-state index in [-0.39, 0.29) is 11.5 Å². The highest BCUT2D eigenvalue weighted by atomic mass is 16.3. The molecule has 0 bridgehead atoms. The van der Waals surface area contributed by atoms with Gasteiger partial charge in [-0.05, 0) is 37.8 Å². The minimum Gasteiger partial charge on any atom is -0.391 e. The lowest BCUT2D eigenvalue weighted by Crippen LogP contribution is -2.44. The topological polar surface area (TPSA) is 23.5 Å². The van der Waals surface area contributed by atoms with E-state index in [1.807, 2.05) is 0 Å². The van der Waals surface area contributed by atoms with Gasteiger partial charge < -0.3 is 5.11 Å². The fourth-order valence-corrected chi connectivity index (χ4v) is 2.57. The monoisotopic (exact) mass is 199 g/mol. The second kappa shape index (κ2) is 4.63. The molecule has 2 nitrogen and oxygen atoms in total. The number of aliphatic hydroxyl groups is 1. The first-order valence-corrected chi connectivity index (χ1v) is 5.95. The molecule has 1 aliphatic carbocycles. The van der Waals surface area contributed by atoms with E-state index in [0.29, 0.717) is 6.04 Å². The normalized spacial score (nSPS) is 31.3. The zero-order valence-electron chi connectivity index (χ0n) is 10.1. The molecule has 84 valence electrons. The third kappa shape index (κ3) is 2.29. The SMILES string of the molecule is CCCN(CC)C1CCC(C)(C)C1O. The van der Waals surface area contributed by atoms with Crippen LogP contribution < -0.4 is 0 Å². The van der Waals surface area contributed by atoms with Gasteiger partial charge in [-0.3, -0.25) is 4.90 Å². The molecule has 1 rings (SSSR count). The number of rotatable bonds is 4. The molecule has 0 amide bonds. The molecule has 0 aromatic carbocycles. The molecular formula is C12H25NO. The van der Waals surface area contributed by atoms with Crippen molar-refractivity contribution in [2.75, 3.05) is 13.1 Å². The summed E-state index contributed by atoms with van der Waals surface area (Å²) in [5, 5.41) is 10.2. The maximum Gasteiger partial charge on any atom is 0.0746 e. The average Bonchev–Trinajstić information content (AvgIpc) is 2.40. The van der Waals surface area contributed by atoms with Gasteiger partial charge in [-0.25, -0.2) is 0 Å². The molecule has 0 spiro atoms.